The van der Waals surface area contributed by atoms with Crippen molar-refractivity contribution in [3.8, 4) is 17.2 Å². The highest BCUT2D eigenvalue weighted by Gasteiger charge is 2.23. The van der Waals surface area contributed by atoms with E-state index in [1.54, 1.807) is 6.20 Å². The average molecular weight is 310 g/mol. The highest BCUT2D eigenvalue weighted by atomic mass is 16.5. The maximum atomic E-state index is 5.39. The van der Waals surface area contributed by atoms with Crippen LogP contribution in [0.15, 0.2) is 28.9 Å². The van der Waals surface area contributed by atoms with Crippen LogP contribution in [0.2, 0.25) is 0 Å². The molecule has 1 aliphatic heterocycles. The molecule has 0 aliphatic carbocycles. The highest BCUT2D eigenvalue weighted by Crippen LogP contribution is 2.24. The van der Waals surface area contributed by atoms with E-state index >= 15 is 0 Å². The van der Waals surface area contributed by atoms with Gasteiger partial charge in [-0.25, -0.2) is 9.67 Å². The van der Waals surface area contributed by atoms with Crippen molar-refractivity contribution in [2.24, 2.45) is 0 Å². The minimum Gasteiger partial charge on any atom is -0.339 e. The molecular formula is C16H18N6O. The molecule has 1 fully saturated rings. The Morgan fingerprint density at radius 2 is 2.22 bits per heavy atom. The maximum Gasteiger partial charge on any atom is 0.231 e. The van der Waals surface area contributed by atoms with E-state index in [9.17, 15) is 0 Å². The SMILES string of the molecule is Cc1cc(C)n(-c2ccc(-c3noc(C4CCNC4)n3)cn2)n1. The molecule has 0 saturated carbocycles. The number of pyridine rings is 1. The molecule has 1 saturated heterocycles. The number of nitrogens with zero attached hydrogens (tertiary/aromatic N) is 5. The van der Waals surface area contributed by atoms with Crippen LogP contribution in [0.4, 0.5) is 0 Å². The van der Waals surface area contributed by atoms with E-state index in [1.807, 2.05) is 36.7 Å². The lowest BCUT2D eigenvalue weighted by Gasteiger charge is -2.03. The second-order valence-corrected chi connectivity index (χ2v) is 5.89. The lowest BCUT2D eigenvalue weighted by molar-refractivity contribution is 0.359. The fourth-order valence-corrected chi connectivity index (χ4v) is 2.89. The van der Waals surface area contributed by atoms with Crippen LogP contribution in [0.3, 0.4) is 0 Å². The summed E-state index contributed by atoms with van der Waals surface area (Å²) in [4.78, 5) is 8.98. The molecule has 0 amide bonds. The van der Waals surface area contributed by atoms with Gasteiger partial charge >= 0.3 is 0 Å². The zero-order valence-corrected chi connectivity index (χ0v) is 13.2. The van der Waals surface area contributed by atoms with E-state index in [-0.39, 0.29) is 0 Å². The molecule has 3 aromatic heterocycles. The van der Waals surface area contributed by atoms with Crippen LogP contribution in [0, 0.1) is 13.8 Å². The Labute approximate surface area is 133 Å². The quantitative estimate of drug-likeness (QED) is 0.797. The molecule has 7 nitrogen and oxygen atoms in total. The zero-order valence-electron chi connectivity index (χ0n) is 13.2. The largest absolute Gasteiger partial charge is 0.339 e. The molecular weight excluding hydrogens is 292 g/mol. The van der Waals surface area contributed by atoms with E-state index < -0.39 is 0 Å². The van der Waals surface area contributed by atoms with Crippen molar-refractivity contribution in [1.29, 1.82) is 0 Å². The minimum atomic E-state index is 0.318. The Kier molecular flexibility index (Phi) is 3.42. The summed E-state index contributed by atoms with van der Waals surface area (Å²) in [6.07, 6.45) is 2.80. The molecule has 4 heterocycles. The number of aromatic nitrogens is 5. The van der Waals surface area contributed by atoms with Crippen LogP contribution < -0.4 is 5.32 Å². The third-order valence-corrected chi connectivity index (χ3v) is 4.08. The van der Waals surface area contributed by atoms with Crippen molar-refractivity contribution in [1.82, 2.24) is 30.2 Å². The lowest BCUT2D eigenvalue weighted by atomic mass is 10.1. The van der Waals surface area contributed by atoms with E-state index in [2.05, 4.69) is 25.5 Å². The molecule has 0 aromatic carbocycles. The zero-order chi connectivity index (χ0) is 15.8. The second kappa shape index (κ2) is 5.58. The summed E-state index contributed by atoms with van der Waals surface area (Å²) in [7, 11) is 0. The van der Waals surface area contributed by atoms with Gasteiger partial charge in [0.05, 0.1) is 11.6 Å². The first-order valence-electron chi connectivity index (χ1n) is 7.75. The number of aryl methyl sites for hydroxylation is 2. The van der Waals surface area contributed by atoms with Crippen molar-refractivity contribution in [3.05, 3.63) is 41.7 Å². The third-order valence-electron chi connectivity index (χ3n) is 4.08. The van der Waals surface area contributed by atoms with Gasteiger partial charge in [0.25, 0.3) is 0 Å². The normalized spacial score (nSPS) is 17.7. The lowest BCUT2D eigenvalue weighted by Crippen LogP contribution is -2.08. The predicted octanol–water partition coefficient (Wildman–Crippen LogP) is 2.01. The maximum absolute atomic E-state index is 5.39. The molecule has 1 aliphatic rings. The molecule has 3 aromatic rings. The molecule has 1 atom stereocenters. The van der Waals surface area contributed by atoms with Gasteiger partial charge in [-0.1, -0.05) is 5.16 Å². The Bertz CT molecular complexity index is 813. The van der Waals surface area contributed by atoms with Crippen molar-refractivity contribution in [2.75, 3.05) is 13.1 Å². The van der Waals surface area contributed by atoms with Gasteiger partial charge in [-0.05, 0) is 45.0 Å². The molecule has 1 N–H and O–H groups in total. The number of nitrogens with one attached hydrogen (secondary N) is 1. The molecule has 4 rings (SSSR count). The van der Waals surface area contributed by atoms with Crippen molar-refractivity contribution >= 4 is 0 Å². The van der Waals surface area contributed by atoms with E-state index in [4.69, 9.17) is 4.52 Å². The van der Waals surface area contributed by atoms with Crippen LogP contribution in [0.5, 0.6) is 0 Å². The van der Waals surface area contributed by atoms with Crippen molar-refractivity contribution < 1.29 is 4.52 Å². The van der Waals surface area contributed by atoms with Crippen molar-refractivity contribution in [2.45, 2.75) is 26.2 Å². The first kappa shape index (κ1) is 14.1. The number of hydrogen-bond acceptors (Lipinski definition) is 6. The number of rotatable bonds is 3. The minimum absolute atomic E-state index is 0.318. The van der Waals surface area contributed by atoms with Gasteiger partial charge in [0, 0.05) is 24.0 Å². The van der Waals surface area contributed by atoms with Crippen LogP contribution in [-0.2, 0) is 0 Å². The summed E-state index contributed by atoms with van der Waals surface area (Å²) in [5.41, 5.74) is 2.87. The Balaban J connectivity index is 1.59. The average Bonchev–Trinajstić information content (AvgIpc) is 3.27. The summed E-state index contributed by atoms with van der Waals surface area (Å²) in [6.45, 7) is 5.88. The third kappa shape index (κ3) is 2.63. The van der Waals surface area contributed by atoms with E-state index in [0.717, 1.165) is 42.3 Å². The molecule has 7 heteroatoms. The molecule has 0 spiro atoms. The van der Waals surface area contributed by atoms with Crippen LogP contribution in [0.1, 0.15) is 29.6 Å². The summed E-state index contributed by atoms with van der Waals surface area (Å²) in [5, 5.41) is 11.8. The van der Waals surface area contributed by atoms with Gasteiger partial charge in [-0.3, -0.25) is 0 Å². The molecule has 1 unspecified atom stereocenters. The van der Waals surface area contributed by atoms with Gasteiger partial charge in [-0.2, -0.15) is 10.1 Å². The van der Waals surface area contributed by atoms with Gasteiger partial charge in [0.15, 0.2) is 5.82 Å². The van der Waals surface area contributed by atoms with Crippen LogP contribution >= 0.6 is 0 Å². The van der Waals surface area contributed by atoms with Crippen LogP contribution in [0.25, 0.3) is 17.2 Å². The first-order chi connectivity index (χ1) is 11.2. The van der Waals surface area contributed by atoms with Crippen LogP contribution in [-0.4, -0.2) is 38.0 Å². The van der Waals surface area contributed by atoms with Gasteiger partial charge in [0.2, 0.25) is 11.7 Å². The van der Waals surface area contributed by atoms with Gasteiger partial charge < -0.3 is 9.84 Å². The monoisotopic (exact) mass is 310 g/mol. The molecule has 118 valence electrons. The summed E-state index contributed by atoms with van der Waals surface area (Å²) in [5.74, 6) is 2.38. The summed E-state index contributed by atoms with van der Waals surface area (Å²) in [6, 6.07) is 5.89. The Hall–Kier alpha value is -2.54. The van der Waals surface area contributed by atoms with Gasteiger partial charge in [-0.15, -0.1) is 0 Å². The highest BCUT2D eigenvalue weighted by molar-refractivity contribution is 5.53. The first-order valence-corrected chi connectivity index (χ1v) is 7.75. The topological polar surface area (TPSA) is 81.7 Å². The fourth-order valence-electron chi connectivity index (χ4n) is 2.89. The van der Waals surface area contributed by atoms with Crippen molar-refractivity contribution in [3.63, 3.8) is 0 Å². The standard InChI is InChI=1S/C16H18N6O/c1-10-7-11(2)22(20-10)14-4-3-12(9-18-14)15-19-16(23-21-15)13-5-6-17-8-13/h3-4,7,9,13,17H,5-6,8H2,1-2H3. The molecule has 0 bridgehead atoms. The Morgan fingerprint density at radius 1 is 1.30 bits per heavy atom. The van der Waals surface area contributed by atoms with E-state index in [0.29, 0.717) is 17.6 Å². The smallest absolute Gasteiger partial charge is 0.231 e. The summed E-state index contributed by atoms with van der Waals surface area (Å²) < 4.78 is 7.22. The molecule has 23 heavy (non-hydrogen) atoms. The van der Waals surface area contributed by atoms with E-state index in [1.165, 1.54) is 0 Å². The van der Waals surface area contributed by atoms with Gasteiger partial charge in [0.1, 0.15) is 0 Å². The number of hydrogen-bond donors (Lipinski definition) is 1. The fraction of sp³-hybridized carbons (Fsp3) is 0.375. The second-order valence-electron chi connectivity index (χ2n) is 5.89. The predicted molar refractivity (Wildman–Crippen MR) is 84.4 cm³/mol. The Morgan fingerprint density at radius 3 is 2.87 bits per heavy atom. The summed E-state index contributed by atoms with van der Waals surface area (Å²) >= 11 is 0. The molecule has 0 radical (unpaired) electrons.